The van der Waals surface area contributed by atoms with Gasteiger partial charge in [0, 0.05) is 31.5 Å². The van der Waals surface area contributed by atoms with E-state index in [1.54, 1.807) is 23.7 Å². The first-order chi connectivity index (χ1) is 14.8. The zero-order chi connectivity index (χ0) is 22.8. The maximum Gasteiger partial charge on any atom is 0.244 e. The second-order valence-electron chi connectivity index (χ2n) is 9.53. The Morgan fingerprint density at radius 2 is 1.97 bits per heavy atom. The number of hydrogen-bond acceptors (Lipinski definition) is 5. The minimum absolute atomic E-state index is 0.0272. The molecule has 3 saturated heterocycles. The number of unbranched alkanes of at least 4 members (excludes halogenated alkanes) is 3. The Morgan fingerprint density at radius 1 is 1.26 bits per heavy atom. The lowest BCUT2D eigenvalue weighted by atomic mass is 9.66. The monoisotopic (exact) mass is 453 g/mol. The summed E-state index contributed by atoms with van der Waals surface area (Å²) >= 11 is 1.72. The average Bonchev–Trinajstić information content (AvgIpc) is 3.31. The van der Waals surface area contributed by atoms with E-state index in [1.807, 2.05) is 6.92 Å². The van der Waals surface area contributed by atoms with Gasteiger partial charge in [0.05, 0.1) is 16.6 Å². The van der Waals surface area contributed by atoms with Crippen molar-refractivity contribution < 1.29 is 19.5 Å². The normalized spacial score (nSPS) is 34.7. The van der Waals surface area contributed by atoms with E-state index in [-0.39, 0.29) is 47.5 Å². The summed E-state index contributed by atoms with van der Waals surface area (Å²) in [6.07, 6.45) is 6.13. The highest BCUT2D eigenvalue weighted by molar-refractivity contribution is 8.02. The minimum atomic E-state index is -0.528. The highest BCUT2D eigenvalue weighted by Gasteiger charge is 2.75. The van der Waals surface area contributed by atoms with Crippen LogP contribution in [0.5, 0.6) is 0 Å². The second-order valence-corrected chi connectivity index (χ2v) is 11.1. The first-order valence-corrected chi connectivity index (χ1v) is 12.8. The SMILES string of the molecule is CCCC(C)NC(=O)C1N(CCCCCCO)C(=O)[C@@H]2[C@H](C(=O)NC)[C@@H]3CC(C)C12S3. The molecule has 0 aromatic rings. The predicted octanol–water partition coefficient (Wildman–Crippen LogP) is 1.93. The fraction of sp³-hybridized carbons (Fsp3) is 0.870. The van der Waals surface area contributed by atoms with Crippen molar-refractivity contribution in [3.63, 3.8) is 0 Å². The molecule has 3 heterocycles. The van der Waals surface area contributed by atoms with Gasteiger partial charge in [0.1, 0.15) is 6.04 Å². The van der Waals surface area contributed by atoms with Gasteiger partial charge in [-0.05, 0) is 38.5 Å². The third-order valence-electron chi connectivity index (χ3n) is 7.46. The Labute approximate surface area is 190 Å². The molecule has 4 unspecified atom stereocenters. The maximum absolute atomic E-state index is 13.7. The number of fused-ring (bicyclic) bond motifs is 1. The molecule has 0 aromatic heterocycles. The Hall–Kier alpha value is -1.28. The van der Waals surface area contributed by atoms with Gasteiger partial charge in [-0.2, -0.15) is 0 Å². The summed E-state index contributed by atoms with van der Waals surface area (Å²) in [7, 11) is 1.63. The Morgan fingerprint density at radius 3 is 2.61 bits per heavy atom. The number of nitrogens with one attached hydrogen (secondary N) is 2. The predicted molar refractivity (Wildman–Crippen MR) is 123 cm³/mol. The van der Waals surface area contributed by atoms with E-state index in [0.29, 0.717) is 6.54 Å². The number of nitrogens with zero attached hydrogens (tertiary/aromatic N) is 1. The largest absolute Gasteiger partial charge is 0.396 e. The minimum Gasteiger partial charge on any atom is -0.396 e. The maximum atomic E-state index is 13.7. The van der Waals surface area contributed by atoms with Crippen molar-refractivity contribution in [3.05, 3.63) is 0 Å². The molecule has 8 heteroatoms. The van der Waals surface area contributed by atoms with Gasteiger partial charge in [0.25, 0.3) is 0 Å². The van der Waals surface area contributed by atoms with Crippen LogP contribution < -0.4 is 10.6 Å². The van der Waals surface area contributed by atoms with Crippen LogP contribution in [0.3, 0.4) is 0 Å². The molecule has 3 aliphatic rings. The van der Waals surface area contributed by atoms with Crippen molar-refractivity contribution in [1.82, 2.24) is 15.5 Å². The number of thioether (sulfide) groups is 1. The van der Waals surface area contributed by atoms with Gasteiger partial charge in [-0.15, -0.1) is 11.8 Å². The number of carbonyl (C=O) groups excluding carboxylic acids is 3. The molecule has 0 saturated carbocycles. The smallest absolute Gasteiger partial charge is 0.244 e. The molecule has 3 rings (SSSR count). The third kappa shape index (κ3) is 4.22. The van der Waals surface area contributed by atoms with E-state index in [9.17, 15) is 14.4 Å². The average molecular weight is 454 g/mol. The molecule has 1 spiro atoms. The number of aliphatic hydroxyl groups excluding tert-OH is 1. The molecule has 0 aliphatic carbocycles. The van der Waals surface area contributed by atoms with Crippen LogP contribution in [0, 0.1) is 17.8 Å². The first-order valence-electron chi connectivity index (χ1n) is 11.9. The summed E-state index contributed by atoms with van der Waals surface area (Å²) in [4.78, 5) is 41.8. The number of aliphatic hydroxyl groups is 1. The zero-order valence-corrected chi connectivity index (χ0v) is 20.2. The topological polar surface area (TPSA) is 98.7 Å². The van der Waals surface area contributed by atoms with E-state index in [4.69, 9.17) is 5.11 Å². The van der Waals surface area contributed by atoms with Crippen LogP contribution >= 0.6 is 11.8 Å². The van der Waals surface area contributed by atoms with Gasteiger partial charge < -0.3 is 20.6 Å². The van der Waals surface area contributed by atoms with Crippen LogP contribution in [0.1, 0.15) is 65.7 Å². The van der Waals surface area contributed by atoms with Crippen LogP contribution in [0.15, 0.2) is 0 Å². The van der Waals surface area contributed by atoms with Crippen molar-refractivity contribution in [3.8, 4) is 0 Å². The quantitative estimate of drug-likeness (QED) is 0.415. The number of likely N-dealkylation sites (tertiary alicyclic amines) is 1. The van der Waals surface area contributed by atoms with E-state index in [0.717, 1.165) is 44.9 Å². The summed E-state index contributed by atoms with van der Waals surface area (Å²) in [5.74, 6) is -0.755. The molecular formula is C23H39N3O4S. The summed E-state index contributed by atoms with van der Waals surface area (Å²) in [6.45, 7) is 6.97. The summed E-state index contributed by atoms with van der Waals surface area (Å²) in [5.41, 5.74) is 0. The van der Waals surface area contributed by atoms with E-state index < -0.39 is 16.7 Å². The van der Waals surface area contributed by atoms with Crippen molar-refractivity contribution in [2.24, 2.45) is 17.8 Å². The molecule has 3 aliphatic heterocycles. The molecule has 0 radical (unpaired) electrons. The number of hydrogen-bond donors (Lipinski definition) is 3. The van der Waals surface area contributed by atoms with Gasteiger partial charge in [0.2, 0.25) is 17.7 Å². The highest BCUT2D eigenvalue weighted by Crippen LogP contribution is 2.68. The molecule has 176 valence electrons. The molecule has 7 nitrogen and oxygen atoms in total. The molecule has 0 aromatic carbocycles. The first kappa shape index (κ1) is 24.4. The lowest BCUT2D eigenvalue weighted by Gasteiger charge is -2.39. The lowest BCUT2D eigenvalue weighted by molar-refractivity contribution is -0.140. The molecule has 3 amide bonds. The van der Waals surface area contributed by atoms with Crippen molar-refractivity contribution in [2.45, 2.75) is 87.8 Å². The fourth-order valence-corrected chi connectivity index (χ4v) is 8.52. The lowest BCUT2D eigenvalue weighted by Crippen LogP contribution is -2.57. The van der Waals surface area contributed by atoms with Gasteiger partial charge in [-0.1, -0.05) is 33.1 Å². The molecular weight excluding hydrogens is 414 g/mol. The van der Waals surface area contributed by atoms with Gasteiger partial charge in [-0.25, -0.2) is 0 Å². The van der Waals surface area contributed by atoms with Gasteiger partial charge >= 0.3 is 0 Å². The van der Waals surface area contributed by atoms with Crippen LogP contribution in [-0.4, -0.2) is 70.0 Å². The van der Waals surface area contributed by atoms with E-state index in [2.05, 4.69) is 24.5 Å². The van der Waals surface area contributed by atoms with E-state index >= 15 is 0 Å². The van der Waals surface area contributed by atoms with Crippen molar-refractivity contribution in [1.29, 1.82) is 0 Å². The van der Waals surface area contributed by atoms with Gasteiger partial charge in [0.15, 0.2) is 0 Å². The molecule has 7 atom stereocenters. The highest BCUT2D eigenvalue weighted by atomic mass is 32.2. The molecule has 3 fully saturated rings. The van der Waals surface area contributed by atoms with Crippen molar-refractivity contribution in [2.75, 3.05) is 20.2 Å². The number of rotatable bonds is 11. The Balaban J connectivity index is 1.89. The Kier molecular flexibility index (Phi) is 7.95. The summed E-state index contributed by atoms with van der Waals surface area (Å²) in [5, 5.41) is 15.0. The summed E-state index contributed by atoms with van der Waals surface area (Å²) in [6, 6.07) is -0.468. The second kappa shape index (κ2) is 10.1. The summed E-state index contributed by atoms with van der Waals surface area (Å²) < 4.78 is -0.528. The van der Waals surface area contributed by atoms with Gasteiger partial charge in [-0.3, -0.25) is 14.4 Å². The molecule has 31 heavy (non-hydrogen) atoms. The zero-order valence-electron chi connectivity index (χ0n) is 19.4. The van der Waals surface area contributed by atoms with Crippen molar-refractivity contribution >= 4 is 29.5 Å². The molecule has 2 bridgehead atoms. The van der Waals surface area contributed by atoms with Crippen LogP contribution in [0.2, 0.25) is 0 Å². The van der Waals surface area contributed by atoms with Crippen LogP contribution in [0.4, 0.5) is 0 Å². The standard InChI is InChI=1S/C23H39N3O4S/c1-5-10-15(3)25-21(29)19-23-14(2)13-16(31-23)17(20(28)24-4)18(23)22(30)26(19)11-8-6-7-9-12-27/h14-19,27H,5-13H2,1-4H3,(H,24,28)(H,25,29)/t14?,15?,16-,17+,18-,19?,23?/m0/s1. The fourth-order valence-electron chi connectivity index (χ4n) is 6.10. The Bertz CT molecular complexity index is 690. The van der Waals surface area contributed by atoms with Crippen LogP contribution in [0.25, 0.3) is 0 Å². The van der Waals surface area contributed by atoms with E-state index in [1.165, 1.54) is 0 Å². The third-order valence-corrected chi connectivity index (χ3v) is 9.54. The molecule has 3 N–H and O–H groups in total. The number of amides is 3. The van der Waals surface area contributed by atoms with Crippen LogP contribution in [-0.2, 0) is 14.4 Å². The number of carbonyl (C=O) groups is 3.